The molecule has 0 aliphatic rings. The Hall–Kier alpha value is -1.13. The molecule has 0 spiro atoms. The molecule has 0 bridgehead atoms. The summed E-state index contributed by atoms with van der Waals surface area (Å²) >= 11 is 3.30. The van der Waals surface area contributed by atoms with Crippen LogP contribution in [0.25, 0.3) is 0 Å². The Balaban J connectivity index is 2.38. The highest BCUT2D eigenvalue weighted by Crippen LogP contribution is 2.27. The molecule has 1 heterocycles. The predicted molar refractivity (Wildman–Crippen MR) is 73.1 cm³/mol. The van der Waals surface area contributed by atoms with Gasteiger partial charge in [-0.2, -0.15) is 0 Å². The molecule has 1 aromatic heterocycles. The van der Waals surface area contributed by atoms with Gasteiger partial charge in [-0.3, -0.25) is 0 Å². The number of benzene rings is 1. The maximum Gasteiger partial charge on any atom is 0.125 e. The maximum absolute atomic E-state index is 13.4. The van der Waals surface area contributed by atoms with E-state index in [9.17, 15) is 4.39 Å². The minimum Gasteiger partial charge on any atom is -0.464 e. The Morgan fingerprint density at radius 2 is 2.11 bits per heavy atom. The van der Waals surface area contributed by atoms with E-state index in [2.05, 4.69) is 21.2 Å². The normalized spacial score (nSPS) is 12.7. The van der Waals surface area contributed by atoms with Crippen LogP contribution in [0, 0.1) is 5.82 Å². The maximum atomic E-state index is 13.4. The first-order valence-corrected chi connectivity index (χ1v) is 6.65. The SMILES string of the molecule is CCc1ccc(C(NC)c2cc(F)cc(Br)c2)o1. The summed E-state index contributed by atoms with van der Waals surface area (Å²) in [5.41, 5.74) is 0.835. The Morgan fingerprint density at radius 1 is 1.33 bits per heavy atom. The van der Waals surface area contributed by atoms with Gasteiger partial charge < -0.3 is 9.73 Å². The molecule has 0 amide bonds. The van der Waals surface area contributed by atoms with Gasteiger partial charge in [0.2, 0.25) is 0 Å². The van der Waals surface area contributed by atoms with Gasteiger partial charge in [0.15, 0.2) is 0 Å². The molecular weight excluding hydrogens is 297 g/mol. The van der Waals surface area contributed by atoms with Crippen molar-refractivity contribution in [2.24, 2.45) is 0 Å². The van der Waals surface area contributed by atoms with E-state index in [4.69, 9.17) is 4.42 Å². The molecule has 0 saturated heterocycles. The predicted octanol–water partition coefficient (Wildman–Crippen LogP) is 4.05. The van der Waals surface area contributed by atoms with Crippen molar-refractivity contribution in [2.45, 2.75) is 19.4 Å². The van der Waals surface area contributed by atoms with Gasteiger partial charge in [-0.25, -0.2) is 4.39 Å². The number of aryl methyl sites for hydroxylation is 1. The van der Waals surface area contributed by atoms with Gasteiger partial charge >= 0.3 is 0 Å². The summed E-state index contributed by atoms with van der Waals surface area (Å²) in [6.07, 6.45) is 0.850. The van der Waals surface area contributed by atoms with E-state index < -0.39 is 0 Å². The van der Waals surface area contributed by atoms with Crippen molar-refractivity contribution in [1.29, 1.82) is 0 Å². The molecule has 0 fully saturated rings. The third kappa shape index (κ3) is 2.82. The van der Waals surface area contributed by atoms with Crippen molar-refractivity contribution in [2.75, 3.05) is 7.05 Å². The Morgan fingerprint density at radius 3 is 2.67 bits per heavy atom. The van der Waals surface area contributed by atoms with Gasteiger partial charge in [0, 0.05) is 10.9 Å². The summed E-state index contributed by atoms with van der Waals surface area (Å²) in [7, 11) is 1.83. The van der Waals surface area contributed by atoms with Crippen molar-refractivity contribution >= 4 is 15.9 Å². The fourth-order valence-corrected chi connectivity index (χ4v) is 2.44. The van der Waals surface area contributed by atoms with Gasteiger partial charge in [-0.05, 0) is 42.9 Å². The van der Waals surface area contributed by atoms with Crippen LogP contribution in [0.2, 0.25) is 0 Å². The van der Waals surface area contributed by atoms with Crippen molar-refractivity contribution in [3.05, 3.63) is 57.7 Å². The summed E-state index contributed by atoms with van der Waals surface area (Å²) < 4.78 is 19.9. The summed E-state index contributed by atoms with van der Waals surface area (Å²) in [5, 5.41) is 3.15. The average Bonchev–Trinajstić information content (AvgIpc) is 2.77. The first kappa shape index (κ1) is 13.3. The summed E-state index contributed by atoms with van der Waals surface area (Å²) in [6, 6.07) is 8.58. The van der Waals surface area contributed by atoms with Crippen LogP contribution in [-0.2, 0) is 6.42 Å². The largest absolute Gasteiger partial charge is 0.464 e. The fraction of sp³-hybridized carbons (Fsp3) is 0.286. The van der Waals surface area contributed by atoms with Crippen LogP contribution < -0.4 is 5.32 Å². The van der Waals surface area contributed by atoms with Gasteiger partial charge in [0.05, 0.1) is 6.04 Å². The highest BCUT2D eigenvalue weighted by atomic mass is 79.9. The molecule has 2 aromatic rings. The Bertz CT molecular complexity index is 518. The first-order valence-electron chi connectivity index (χ1n) is 5.86. The van der Waals surface area contributed by atoms with Gasteiger partial charge in [0.25, 0.3) is 0 Å². The summed E-state index contributed by atoms with van der Waals surface area (Å²) in [6.45, 7) is 2.04. The Kier molecular flexibility index (Phi) is 4.19. The van der Waals surface area contributed by atoms with Crippen molar-refractivity contribution < 1.29 is 8.81 Å². The van der Waals surface area contributed by atoms with E-state index in [0.717, 1.165) is 28.0 Å². The second-order valence-corrected chi connectivity index (χ2v) is 5.00. The highest BCUT2D eigenvalue weighted by Gasteiger charge is 2.17. The van der Waals surface area contributed by atoms with Gasteiger partial charge in [-0.1, -0.05) is 22.9 Å². The van der Waals surface area contributed by atoms with Crippen molar-refractivity contribution in [3.8, 4) is 0 Å². The molecule has 1 unspecified atom stereocenters. The lowest BCUT2D eigenvalue weighted by molar-refractivity contribution is 0.433. The summed E-state index contributed by atoms with van der Waals surface area (Å²) in [4.78, 5) is 0. The number of halogens is 2. The molecule has 1 aromatic carbocycles. The average molecular weight is 312 g/mol. The lowest BCUT2D eigenvalue weighted by atomic mass is 10.0. The van der Waals surface area contributed by atoms with Crippen LogP contribution in [0.5, 0.6) is 0 Å². The number of furan rings is 1. The van der Waals surface area contributed by atoms with E-state index in [-0.39, 0.29) is 11.9 Å². The Labute approximate surface area is 114 Å². The molecule has 0 aliphatic carbocycles. The summed E-state index contributed by atoms with van der Waals surface area (Å²) in [5.74, 6) is 1.47. The first-order chi connectivity index (χ1) is 8.63. The van der Waals surface area contributed by atoms with E-state index in [1.807, 2.05) is 32.2 Å². The fourth-order valence-electron chi connectivity index (χ4n) is 1.95. The van der Waals surface area contributed by atoms with Crippen LogP contribution in [0.4, 0.5) is 4.39 Å². The van der Waals surface area contributed by atoms with Crippen LogP contribution in [-0.4, -0.2) is 7.05 Å². The molecular formula is C14H15BrFNO. The lowest BCUT2D eigenvalue weighted by Crippen LogP contribution is -2.17. The molecule has 2 rings (SSSR count). The van der Waals surface area contributed by atoms with Gasteiger partial charge in [0.1, 0.15) is 17.3 Å². The number of nitrogens with one attached hydrogen (secondary N) is 1. The number of rotatable bonds is 4. The highest BCUT2D eigenvalue weighted by molar-refractivity contribution is 9.10. The standard InChI is InChI=1S/C14H15BrFNO/c1-3-12-4-5-13(18-12)14(17-2)9-6-10(15)8-11(16)7-9/h4-8,14,17H,3H2,1-2H3. The molecule has 0 saturated carbocycles. The zero-order valence-corrected chi connectivity index (χ0v) is 11.9. The molecule has 4 heteroatoms. The second kappa shape index (κ2) is 5.67. The minimum absolute atomic E-state index is 0.141. The van der Waals surface area contributed by atoms with Crippen LogP contribution in [0.3, 0.4) is 0 Å². The smallest absolute Gasteiger partial charge is 0.125 e. The molecule has 0 radical (unpaired) electrons. The van der Waals surface area contributed by atoms with Crippen molar-refractivity contribution in [1.82, 2.24) is 5.32 Å². The third-order valence-electron chi connectivity index (χ3n) is 2.82. The van der Waals surface area contributed by atoms with E-state index in [0.29, 0.717) is 0 Å². The van der Waals surface area contributed by atoms with Crippen LogP contribution in [0.15, 0.2) is 39.2 Å². The molecule has 1 N–H and O–H groups in total. The zero-order chi connectivity index (χ0) is 13.1. The molecule has 1 atom stereocenters. The van der Waals surface area contributed by atoms with Gasteiger partial charge in [-0.15, -0.1) is 0 Å². The van der Waals surface area contributed by atoms with E-state index in [1.54, 1.807) is 0 Å². The quantitative estimate of drug-likeness (QED) is 0.921. The monoisotopic (exact) mass is 311 g/mol. The number of hydrogen-bond donors (Lipinski definition) is 1. The molecule has 2 nitrogen and oxygen atoms in total. The van der Waals surface area contributed by atoms with E-state index >= 15 is 0 Å². The topological polar surface area (TPSA) is 25.2 Å². The van der Waals surface area contributed by atoms with Crippen molar-refractivity contribution in [3.63, 3.8) is 0 Å². The zero-order valence-electron chi connectivity index (χ0n) is 10.3. The van der Waals surface area contributed by atoms with Crippen LogP contribution in [0.1, 0.15) is 30.0 Å². The molecule has 18 heavy (non-hydrogen) atoms. The molecule has 96 valence electrons. The lowest BCUT2D eigenvalue weighted by Gasteiger charge is -2.14. The second-order valence-electron chi connectivity index (χ2n) is 4.08. The minimum atomic E-state index is -0.262. The molecule has 0 aliphatic heterocycles. The third-order valence-corrected chi connectivity index (χ3v) is 3.28. The van der Waals surface area contributed by atoms with Crippen LogP contribution >= 0.6 is 15.9 Å². The van der Waals surface area contributed by atoms with E-state index in [1.165, 1.54) is 12.1 Å². The number of hydrogen-bond acceptors (Lipinski definition) is 2.